The van der Waals surface area contributed by atoms with E-state index in [4.69, 9.17) is 46.4 Å². The first kappa shape index (κ1) is 50.3. The third kappa shape index (κ3) is 14.3. The quantitative estimate of drug-likeness (QED) is 0.0512. The van der Waals surface area contributed by atoms with Crippen LogP contribution in [-0.4, -0.2) is 40.4 Å². The first-order valence-electron chi connectivity index (χ1n) is 17.7. The molecule has 0 heterocycles. The van der Waals surface area contributed by atoms with Crippen molar-refractivity contribution in [1.29, 1.82) is 0 Å². The Kier molecular flexibility index (Phi) is 21.2. The normalized spacial score (nSPS) is 10.3. The molecule has 0 N–H and O–H groups in total. The van der Waals surface area contributed by atoms with Crippen molar-refractivity contribution < 1.29 is 42.8 Å². The van der Waals surface area contributed by atoms with E-state index in [-0.39, 0.29) is 16.5 Å². The van der Waals surface area contributed by atoms with Gasteiger partial charge >= 0.3 is 260 Å². The molecule has 0 nitrogen and oxygen atoms in total. The van der Waals surface area contributed by atoms with E-state index >= 15 is 0 Å². The van der Waals surface area contributed by atoms with Gasteiger partial charge in [-0.2, -0.15) is 46.4 Å². The minimum atomic E-state index is -1.83. The summed E-state index contributed by atoms with van der Waals surface area (Å²) >= 11 is 16.4. The fourth-order valence-corrected chi connectivity index (χ4v) is 19.2. The third-order valence-corrected chi connectivity index (χ3v) is 23.3. The molecule has 0 aliphatic rings. The molecule has 312 valence electrons. The molecule has 13 heteroatoms. The number of hydrogen-bond donors (Lipinski definition) is 0. The predicted octanol–water partition coefficient (Wildman–Crippen LogP) is 10.8. The van der Waals surface area contributed by atoms with Gasteiger partial charge in [-0.25, -0.2) is 26.3 Å². The van der Waals surface area contributed by atoms with Crippen molar-refractivity contribution in [1.82, 2.24) is 0 Å². The maximum atomic E-state index is 12.5. The molecule has 0 saturated carbocycles. The van der Waals surface area contributed by atoms with E-state index in [9.17, 15) is 26.3 Å². The van der Waals surface area contributed by atoms with E-state index in [1.807, 2.05) is 0 Å². The van der Waals surface area contributed by atoms with Gasteiger partial charge in [0.1, 0.15) is 0 Å². The van der Waals surface area contributed by atoms with Gasteiger partial charge in [0.15, 0.2) is 0 Å². The first-order chi connectivity index (χ1) is 29.0. The Labute approximate surface area is 395 Å². The van der Waals surface area contributed by atoms with Gasteiger partial charge in [0.25, 0.3) is 0 Å². The van der Waals surface area contributed by atoms with Crippen LogP contribution in [0.3, 0.4) is 0 Å². The van der Waals surface area contributed by atoms with E-state index in [1.54, 1.807) is 0 Å². The average molecular weight is 1160 g/mol. The SMILES string of the molecule is Fc1[c-]c(F)c(Cl)c(F)c1Cl.Fc1[c-]c(F)c(Cl)c(F)c1Cl.[Ni+2].c1cc[c]([Sb]([c]2ccccc2)[c]2ccccc2)cc1.c1cc[c]([Sb]([c]2ccccc2)[c]2ccccc2)cc1. The van der Waals surface area contributed by atoms with Gasteiger partial charge in [0.05, 0.1) is 11.6 Å². The molecule has 0 saturated heterocycles. The van der Waals surface area contributed by atoms with Crippen molar-refractivity contribution in [3.63, 3.8) is 0 Å². The van der Waals surface area contributed by atoms with E-state index < -0.39 is 95.4 Å². The van der Waals surface area contributed by atoms with Crippen molar-refractivity contribution in [3.8, 4) is 0 Å². The molecule has 0 aliphatic heterocycles. The maximum absolute atomic E-state index is 12.5. The molecule has 8 rings (SSSR count). The number of halogens is 10. The molecular weight excluding hydrogens is 1130 g/mol. The zero-order chi connectivity index (χ0) is 43.0. The van der Waals surface area contributed by atoms with Crippen LogP contribution in [-0.2, 0) is 16.5 Å². The first-order valence-corrected chi connectivity index (χ1v) is 26.9. The Bertz CT molecular complexity index is 2130. The van der Waals surface area contributed by atoms with Crippen LogP contribution in [0, 0.1) is 47.0 Å². The molecule has 0 fully saturated rings. The second-order valence-corrected chi connectivity index (χ2v) is 26.3. The summed E-state index contributed by atoms with van der Waals surface area (Å²) < 4.78 is 83.3. The molecule has 0 atom stereocenters. The van der Waals surface area contributed by atoms with Crippen LogP contribution in [0.4, 0.5) is 26.3 Å². The Balaban J connectivity index is 0.000000184. The van der Waals surface area contributed by atoms with Crippen molar-refractivity contribution in [2.45, 2.75) is 0 Å². The van der Waals surface area contributed by atoms with Gasteiger partial charge in [-0.1, -0.05) is 0 Å². The monoisotopic (exact) mass is 1160 g/mol. The van der Waals surface area contributed by atoms with E-state index in [2.05, 4.69) is 182 Å². The van der Waals surface area contributed by atoms with Gasteiger partial charge in [0.2, 0.25) is 0 Å². The Morgan fingerprint density at radius 1 is 0.279 bits per heavy atom. The van der Waals surface area contributed by atoms with Crippen molar-refractivity contribution in [3.05, 3.63) is 249 Å². The summed E-state index contributed by atoms with van der Waals surface area (Å²) in [4.78, 5) is 0. The molecule has 8 aromatic carbocycles. The number of benzene rings is 8. The van der Waals surface area contributed by atoms with Gasteiger partial charge in [-0.3, -0.25) is 0 Å². The molecule has 8 aromatic rings. The molecule has 0 amide bonds. The summed E-state index contributed by atoms with van der Waals surface area (Å²) in [6.07, 6.45) is 0. The topological polar surface area (TPSA) is 0 Å². The van der Waals surface area contributed by atoms with Crippen LogP contribution in [0.5, 0.6) is 0 Å². The molecule has 0 bridgehead atoms. The van der Waals surface area contributed by atoms with Gasteiger partial charge < -0.3 is 0 Å². The van der Waals surface area contributed by atoms with E-state index in [0.29, 0.717) is 0 Å². The summed E-state index contributed by atoms with van der Waals surface area (Å²) in [6.45, 7) is 0. The second kappa shape index (κ2) is 25.7. The van der Waals surface area contributed by atoms with Gasteiger partial charge in [-0.05, 0) is 0 Å². The summed E-state index contributed by atoms with van der Waals surface area (Å²) in [6, 6.07) is 68.8. The summed E-state index contributed by atoms with van der Waals surface area (Å²) in [7, 11) is 0. The Hall–Kier alpha value is -3.37. The summed E-state index contributed by atoms with van der Waals surface area (Å²) in [5.74, 6) is -7.75. The molecule has 0 spiro atoms. The Morgan fingerprint density at radius 2 is 0.426 bits per heavy atom. The van der Waals surface area contributed by atoms with Crippen LogP contribution in [0.15, 0.2) is 182 Å². The third-order valence-electron chi connectivity index (χ3n) is 8.07. The average Bonchev–Trinajstić information content (AvgIpc) is 3.29. The molecule has 0 radical (unpaired) electrons. The van der Waals surface area contributed by atoms with Crippen LogP contribution < -0.4 is 21.1 Å². The second-order valence-electron chi connectivity index (χ2n) is 12.1. The number of hydrogen-bond acceptors (Lipinski definition) is 0. The van der Waals surface area contributed by atoms with Crippen LogP contribution in [0.1, 0.15) is 0 Å². The number of rotatable bonds is 6. The Morgan fingerprint density at radius 3 is 0.574 bits per heavy atom. The molecule has 0 aromatic heterocycles. The fourth-order valence-electron chi connectivity index (χ4n) is 5.35. The van der Waals surface area contributed by atoms with Crippen LogP contribution >= 0.6 is 46.4 Å². The minimum absolute atomic E-state index is 0. The summed E-state index contributed by atoms with van der Waals surface area (Å²) in [5.41, 5.74) is 0. The van der Waals surface area contributed by atoms with Crippen molar-refractivity contribution >= 4 is 108 Å². The molecule has 0 unspecified atom stereocenters. The van der Waals surface area contributed by atoms with Crippen LogP contribution in [0.2, 0.25) is 20.1 Å². The predicted molar refractivity (Wildman–Crippen MR) is 238 cm³/mol. The van der Waals surface area contributed by atoms with Gasteiger partial charge in [0, 0.05) is 43.4 Å². The van der Waals surface area contributed by atoms with Crippen LogP contribution in [0.25, 0.3) is 0 Å². The standard InChI is InChI=1S/2C6Cl2F3.6C6H5.Ni.2Sb/c2*7-4-2(9)1-3(10)5(8)6(4)11;6*1-2-4-6-5-3-1;;;/h;;6*1-5H;;;/q2*-1;;;;;;;+2;;. The van der Waals surface area contributed by atoms with E-state index in [0.717, 1.165) is 0 Å². The van der Waals surface area contributed by atoms with E-state index in [1.165, 1.54) is 33.2 Å². The van der Waals surface area contributed by atoms with Crippen molar-refractivity contribution in [2.75, 3.05) is 0 Å². The molecule has 61 heavy (non-hydrogen) atoms. The zero-order valence-corrected chi connectivity index (χ0v) is 40.4. The molecular formula is C48H30Cl4F6NiSb2. The van der Waals surface area contributed by atoms with Gasteiger partial charge in [-0.15, -0.1) is 12.1 Å². The fraction of sp³-hybridized carbons (Fsp3) is 0. The summed E-state index contributed by atoms with van der Waals surface area (Å²) in [5, 5.41) is -3.40. The van der Waals surface area contributed by atoms with Crippen molar-refractivity contribution in [2.24, 2.45) is 0 Å². The molecule has 0 aliphatic carbocycles. The zero-order valence-electron chi connectivity index (χ0n) is 31.3.